The molecule has 2 aliphatic rings. The van der Waals surface area contributed by atoms with Gasteiger partial charge in [0.05, 0.1) is 22.5 Å². The number of pyridine rings is 1. The summed E-state index contributed by atoms with van der Waals surface area (Å²) in [7, 11) is 0. The Hall–Kier alpha value is -4.98. The number of aryl methyl sites for hydroxylation is 1. The van der Waals surface area contributed by atoms with E-state index in [1.807, 2.05) is 79.7 Å². The molecular weight excluding hydrogens is 584 g/mol. The van der Waals surface area contributed by atoms with Crippen molar-refractivity contribution in [3.05, 3.63) is 114 Å². The molecule has 2 fully saturated rings. The Morgan fingerprint density at radius 1 is 0.872 bits per heavy atom. The van der Waals surface area contributed by atoms with Crippen LogP contribution in [0.1, 0.15) is 73.6 Å². The molecular formula is C39H42N6O2. The van der Waals surface area contributed by atoms with Crippen LogP contribution in [0.25, 0.3) is 16.6 Å². The Balaban J connectivity index is 1.01. The highest BCUT2D eigenvalue weighted by Crippen LogP contribution is 2.41. The van der Waals surface area contributed by atoms with Crippen LogP contribution in [-0.2, 0) is 11.8 Å². The number of hydrogen-bond acceptors (Lipinski definition) is 4. The zero-order chi connectivity index (χ0) is 32.7. The largest absolute Gasteiger partial charge is 0.333 e. The van der Waals surface area contributed by atoms with E-state index in [1.165, 1.54) is 5.56 Å². The second-order valence-electron chi connectivity index (χ2n) is 14.2. The van der Waals surface area contributed by atoms with Gasteiger partial charge in [0.25, 0.3) is 5.91 Å². The summed E-state index contributed by atoms with van der Waals surface area (Å²) < 4.78 is 1.79. The second kappa shape index (κ2) is 12.3. The van der Waals surface area contributed by atoms with Gasteiger partial charge in [-0.05, 0) is 86.9 Å². The van der Waals surface area contributed by atoms with E-state index in [1.54, 1.807) is 10.9 Å². The number of amides is 3. The van der Waals surface area contributed by atoms with E-state index in [2.05, 4.69) is 53.4 Å². The van der Waals surface area contributed by atoms with Crippen LogP contribution in [0.15, 0.2) is 91.1 Å². The Labute approximate surface area is 276 Å². The van der Waals surface area contributed by atoms with Crippen LogP contribution < -0.4 is 10.6 Å². The van der Waals surface area contributed by atoms with Gasteiger partial charge >= 0.3 is 6.03 Å². The molecule has 2 aromatic heterocycles. The normalized spacial score (nSPS) is 19.1. The van der Waals surface area contributed by atoms with Crippen molar-refractivity contribution in [3.8, 4) is 5.69 Å². The molecule has 2 atom stereocenters. The summed E-state index contributed by atoms with van der Waals surface area (Å²) in [5.74, 6) is 1.23. The van der Waals surface area contributed by atoms with E-state index in [0.717, 1.165) is 71.2 Å². The molecule has 2 saturated heterocycles. The predicted molar refractivity (Wildman–Crippen MR) is 187 cm³/mol. The second-order valence-corrected chi connectivity index (χ2v) is 14.2. The SMILES string of the molecule is Cc1ccc(-n2nc(C(C)(C)C)cc2NC(=O)Nc2cccc(CC3CC4CCC(C3)N4C(=O)c3ccnc4ccccc34)c2)cc1. The first-order valence-electron chi connectivity index (χ1n) is 16.6. The number of aromatic nitrogens is 3. The van der Waals surface area contributed by atoms with Crippen LogP contribution in [0.5, 0.6) is 0 Å². The standard InChI is InChI=1S/C39H42N6O2/c1-25-12-14-29(15-13-25)45-36(24-35(43-45)39(2,3)4)42-38(47)41-28-9-7-8-26(21-28)20-27-22-30-16-17-31(23-27)44(30)37(46)33-18-19-40-34-11-6-5-10-32(33)34/h5-15,18-19,21,24,27,30-31H,16-17,20,22-23H2,1-4H3,(H2,41,42,47). The van der Waals surface area contributed by atoms with Gasteiger partial charge in [-0.3, -0.25) is 15.1 Å². The number of anilines is 2. The van der Waals surface area contributed by atoms with E-state index in [0.29, 0.717) is 11.7 Å². The number of nitrogens with zero attached hydrogens (tertiary/aromatic N) is 4. The third kappa shape index (κ3) is 6.37. The van der Waals surface area contributed by atoms with E-state index in [9.17, 15) is 9.59 Å². The molecule has 3 aromatic carbocycles. The molecule has 5 aromatic rings. The molecule has 4 heterocycles. The molecule has 0 spiro atoms. The monoisotopic (exact) mass is 626 g/mol. The molecule has 2 aliphatic heterocycles. The summed E-state index contributed by atoms with van der Waals surface area (Å²) in [5.41, 5.74) is 6.31. The minimum atomic E-state index is -0.315. The van der Waals surface area contributed by atoms with E-state index in [-0.39, 0.29) is 29.4 Å². The van der Waals surface area contributed by atoms with Gasteiger partial charge < -0.3 is 10.2 Å². The van der Waals surface area contributed by atoms with Gasteiger partial charge in [-0.1, -0.05) is 68.8 Å². The fourth-order valence-electron chi connectivity index (χ4n) is 7.32. The fraction of sp³-hybridized carbons (Fsp3) is 0.333. The first-order valence-corrected chi connectivity index (χ1v) is 16.6. The van der Waals surface area contributed by atoms with Crippen LogP contribution in [0.3, 0.4) is 0 Å². The van der Waals surface area contributed by atoms with Crippen molar-refractivity contribution in [3.63, 3.8) is 0 Å². The van der Waals surface area contributed by atoms with Crippen molar-refractivity contribution >= 4 is 34.3 Å². The van der Waals surface area contributed by atoms with Gasteiger partial charge in [0, 0.05) is 40.8 Å². The Bertz CT molecular complexity index is 1920. The number of nitrogens with one attached hydrogen (secondary N) is 2. The number of urea groups is 1. The maximum Gasteiger partial charge on any atom is 0.324 e. The minimum absolute atomic E-state index is 0.130. The summed E-state index contributed by atoms with van der Waals surface area (Å²) in [4.78, 5) is 33.7. The average Bonchev–Trinajstić information content (AvgIpc) is 3.59. The molecule has 2 unspecified atom stereocenters. The lowest BCUT2D eigenvalue weighted by Crippen LogP contribution is -2.47. The predicted octanol–water partition coefficient (Wildman–Crippen LogP) is 8.30. The highest BCUT2D eigenvalue weighted by atomic mass is 16.2. The summed E-state index contributed by atoms with van der Waals surface area (Å²) in [5, 5.41) is 11.8. The number of fused-ring (bicyclic) bond motifs is 3. The maximum atomic E-state index is 13.8. The van der Waals surface area contributed by atoms with Crippen molar-refractivity contribution in [1.82, 2.24) is 19.7 Å². The van der Waals surface area contributed by atoms with Crippen LogP contribution >= 0.6 is 0 Å². The molecule has 0 saturated carbocycles. The Morgan fingerprint density at radius 3 is 2.36 bits per heavy atom. The third-order valence-corrected chi connectivity index (χ3v) is 9.65. The van der Waals surface area contributed by atoms with Crippen LogP contribution in [-0.4, -0.2) is 43.7 Å². The Morgan fingerprint density at radius 2 is 1.62 bits per heavy atom. The number of hydrogen-bond donors (Lipinski definition) is 2. The third-order valence-electron chi connectivity index (χ3n) is 9.65. The van der Waals surface area contributed by atoms with Gasteiger partial charge in [0.15, 0.2) is 0 Å². The van der Waals surface area contributed by atoms with Crippen molar-refractivity contribution in [1.29, 1.82) is 0 Å². The molecule has 3 amide bonds. The lowest BCUT2D eigenvalue weighted by molar-refractivity contribution is 0.0526. The lowest BCUT2D eigenvalue weighted by Gasteiger charge is -2.39. The van der Waals surface area contributed by atoms with Crippen LogP contribution in [0.2, 0.25) is 0 Å². The van der Waals surface area contributed by atoms with Crippen molar-refractivity contribution < 1.29 is 9.59 Å². The van der Waals surface area contributed by atoms with Crippen molar-refractivity contribution in [2.75, 3.05) is 10.6 Å². The molecule has 8 nitrogen and oxygen atoms in total. The first kappa shape index (κ1) is 30.7. The van der Waals surface area contributed by atoms with Gasteiger partial charge in [0.1, 0.15) is 5.82 Å². The molecule has 7 rings (SSSR count). The van der Waals surface area contributed by atoms with Gasteiger partial charge in [-0.25, -0.2) is 9.48 Å². The van der Waals surface area contributed by atoms with Crippen molar-refractivity contribution in [2.24, 2.45) is 5.92 Å². The zero-order valence-corrected chi connectivity index (χ0v) is 27.5. The molecule has 2 bridgehead atoms. The van der Waals surface area contributed by atoms with E-state index in [4.69, 9.17) is 5.10 Å². The highest BCUT2D eigenvalue weighted by Gasteiger charge is 2.43. The highest BCUT2D eigenvalue weighted by molar-refractivity contribution is 6.06. The summed E-state index contributed by atoms with van der Waals surface area (Å²) in [6.07, 6.45) is 6.74. The van der Waals surface area contributed by atoms with Crippen LogP contribution in [0, 0.1) is 12.8 Å². The molecule has 2 N–H and O–H groups in total. The average molecular weight is 627 g/mol. The molecule has 8 heteroatoms. The first-order chi connectivity index (χ1) is 22.6. The summed E-state index contributed by atoms with van der Waals surface area (Å²) in [6, 6.07) is 28.1. The molecule has 0 aliphatic carbocycles. The van der Waals surface area contributed by atoms with E-state index < -0.39 is 0 Å². The topological polar surface area (TPSA) is 92.2 Å². The Kier molecular flexibility index (Phi) is 8.04. The molecule has 47 heavy (non-hydrogen) atoms. The van der Waals surface area contributed by atoms with Crippen molar-refractivity contribution in [2.45, 2.75) is 77.3 Å². The van der Waals surface area contributed by atoms with Gasteiger partial charge in [0.2, 0.25) is 0 Å². The number of para-hydroxylation sites is 1. The fourth-order valence-corrected chi connectivity index (χ4v) is 7.32. The number of benzene rings is 3. The number of rotatable bonds is 6. The summed E-state index contributed by atoms with van der Waals surface area (Å²) >= 11 is 0. The van der Waals surface area contributed by atoms with E-state index >= 15 is 0 Å². The quantitative estimate of drug-likeness (QED) is 0.198. The number of carbonyl (C=O) groups excluding carboxylic acids is 2. The summed E-state index contributed by atoms with van der Waals surface area (Å²) in [6.45, 7) is 8.38. The minimum Gasteiger partial charge on any atom is -0.333 e. The molecule has 240 valence electrons. The van der Waals surface area contributed by atoms with Gasteiger partial charge in [-0.2, -0.15) is 5.10 Å². The number of carbonyl (C=O) groups is 2. The maximum absolute atomic E-state index is 13.8. The van der Waals surface area contributed by atoms with Gasteiger partial charge in [-0.15, -0.1) is 0 Å². The lowest BCUT2D eigenvalue weighted by atomic mass is 9.85. The zero-order valence-electron chi connectivity index (χ0n) is 27.5. The smallest absolute Gasteiger partial charge is 0.324 e. The molecule has 0 radical (unpaired) electrons. The number of piperidine rings is 1. The van der Waals surface area contributed by atoms with Crippen LogP contribution in [0.4, 0.5) is 16.3 Å².